The zero-order chi connectivity index (χ0) is 11.4. The van der Waals surface area contributed by atoms with Crippen molar-refractivity contribution in [3.05, 3.63) is 23.3 Å². The van der Waals surface area contributed by atoms with E-state index in [2.05, 4.69) is 0 Å². The highest BCUT2D eigenvalue weighted by molar-refractivity contribution is 6.30. The monoisotopic (exact) mass is 238 g/mol. The summed E-state index contributed by atoms with van der Waals surface area (Å²) in [7, 11) is 0. The van der Waals surface area contributed by atoms with Gasteiger partial charge < -0.3 is 0 Å². The highest BCUT2D eigenvalue weighted by Gasteiger charge is 2.31. The van der Waals surface area contributed by atoms with Gasteiger partial charge in [-0.1, -0.05) is 23.8 Å². The Hall–Kier alpha value is -0.650. The second-order valence-corrected chi connectivity index (χ2v) is 2.64. The van der Waals surface area contributed by atoms with E-state index >= 15 is 0 Å². The Bertz CT molecular complexity index is 234. The highest BCUT2D eigenvalue weighted by atomic mass is 35.5. The number of rotatable bonds is 2. The fourth-order valence-corrected chi connectivity index (χ4v) is 0.578. The van der Waals surface area contributed by atoms with Crippen LogP contribution in [-0.2, 0) is 0 Å². The Balaban J connectivity index is 4.14. The third kappa shape index (κ3) is 6.82. The first-order valence-corrected chi connectivity index (χ1v) is 3.68. The fraction of sp³-hybridized carbons (Fsp3) is 0.429. The first-order chi connectivity index (χ1) is 6.13. The molecule has 0 aromatic heterocycles. The van der Waals surface area contributed by atoms with Crippen LogP contribution in [-0.4, -0.2) is 12.4 Å². The predicted octanol–water partition coefficient (Wildman–Crippen LogP) is 4.18. The molecule has 0 rings (SSSR count). The van der Waals surface area contributed by atoms with Crippen LogP contribution in [0, 0.1) is 0 Å². The van der Waals surface area contributed by atoms with Gasteiger partial charge in [-0.15, -0.1) is 0 Å². The lowest BCUT2D eigenvalue weighted by molar-refractivity contribution is -0.0847. The van der Waals surface area contributed by atoms with E-state index in [1.807, 2.05) is 0 Å². The lowest BCUT2D eigenvalue weighted by Gasteiger charge is -2.02. The van der Waals surface area contributed by atoms with Gasteiger partial charge in [0, 0.05) is 6.08 Å². The molecule has 14 heavy (non-hydrogen) atoms. The molecule has 0 atom stereocenters. The van der Waals surface area contributed by atoms with Crippen LogP contribution in [0.4, 0.5) is 26.3 Å². The zero-order valence-electron chi connectivity index (χ0n) is 6.58. The SMILES string of the molecule is FC(F)(F)C=CCC=C(Cl)C(F)(F)F. The Morgan fingerprint density at radius 3 is 1.93 bits per heavy atom. The number of hydrogen-bond donors (Lipinski definition) is 0. The lowest BCUT2D eigenvalue weighted by Crippen LogP contribution is -2.06. The van der Waals surface area contributed by atoms with Crippen LogP contribution in [0.5, 0.6) is 0 Å². The van der Waals surface area contributed by atoms with E-state index in [4.69, 9.17) is 11.6 Å². The first kappa shape index (κ1) is 13.4. The van der Waals surface area contributed by atoms with Gasteiger partial charge >= 0.3 is 12.4 Å². The van der Waals surface area contributed by atoms with Crippen LogP contribution < -0.4 is 0 Å². The Morgan fingerprint density at radius 2 is 1.57 bits per heavy atom. The third-order valence-electron chi connectivity index (χ3n) is 1.01. The van der Waals surface area contributed by atoms with Crippen molar-refractivity contribution in [2.24, 2.45) is 0 Å². The van der Waals surface area contributed by atoms with Crippen LogP contribution in [0.1, 0.15) is 6.42 Å². The molecule has 0 aromatic rings. The summed E-state index contributed by atoms with van der Waals surface area (Å²) < 4.78 is 69.3. The van der Waals surface area contributed by atoms with Gasteiger partial charge in [-0.2, -0.15) is 26.3 Å². The van der Waals surface area contributed by atoms with E-state index in [0.29, 0.717) is 12.2 Å². The minimum atomic E-state index is -4.70. The number of alkyl halides is 6. The molecule has 0 N–H and O–H groups in total. The van der Waals surface area contributed by atoms with Gasteiger partial charge in [0.05, 0.1) is 0 Å². The topological polar surface area (TPSA) is 0 Å². The normalized spacial score (nSPS) is 15.2. The summed E-state index contributed by atoms with van der Waals surface area (Å²) in [6, 6.07) is 0. The van der Waals surface area contributed by atoms with Gasteiger partial charge in [-0.05, 0) is 6.42 Å². The van der Waals surface area contributed by atoms with Crippen molar-refractivity contribution in [2.75, 3.05) is 0 Å². The van der Waals surface area contributed by atoms with Crippen LogP contribution in [0.3, 0.4) is 0 Å². The largest absolute Gasteiger partial charge is 0.426 e. The molecule has 0 bridgehead atoms. The van der Waals surface area contributed by atoms with Gasteiger partial charge in [0.15, 0.2) is 0 Å². The molecule has 0 saturated carbocycles. The summed E-state index contributed by atoms with van der Waals surface area (Å²) in [5.41, 5.74) is 0. The molecule has 82 valence electrons. The molecule has 0 aliphatic rings. The van der Waals surface area contributed by atoms with Crippen molar-refractivity contribution >= 4 is 11.6 Å². The van der Waals surface area contributed by atoms with E-state index in [0.717, 1.165) is 0 Å². The standard InChI is InChI=1S/C7H5ClF6/c8-5(7(12,13)14)3-1-2-4-6(9,10)11/h2-4H,1H2. The minimum absolute atomic E-state index is 0.149. The smallest absolute Gasteiger partial charge is 0.167 e. The molecule has 0 saturated heterocycles. The van der Waals surface area contributed by atoms with E-state index < -0.39 is 23.8 Å². The van der Waals surface area contributed by atoms with Gasteiger partial charge in [-0.3, -0.25) is 0 Å². The Morgan fingerprint density at radius 1 is 1.07 bits per heavy atom. The van der Waals surface area contributed by atoms with Gasteiger partial charge in [0.1, 0.15) is 5.03 Å². The summed E-state index contributed by atoms with van der Waals surface area (Å²) in [6.07, 6.45) is -8.87. The van der Waals surface area contributed by atoms with Crippen LogP contribution in [0.25, 0.3) is 0 Å². The summed E-state index contributed by atoms with van der Waals surface area (Å²) >= 11 is 4.73. The molecule has 0 amide bonds. The maximum absolute atomic E-state index is 11.7. The molecule has 0 aliphatic heterocycles. The Labute approximate surface area is 80.8 Å². The summed E-state index contributed by atoms with van der Waals surface area (Å²) in [6.45, 7) is 0. The predicted molar refractivity (Wildman–Crippen MR) is 39.8 cm³/mol. The molecular weight excluding hydrogens is 234 g/mol. The first-order valence-electron chi connectivity index (χ1n) is 3.30. The molecule has 7 heteroatoms. The molecule has 0 spiro atoms. The molecule has 0 aliphatic carbocycles. The molecular formula is C7H5ClF6. The minimum Gasteiger partial charge on any atom is -0.167 e. The second-order valence-electron chi connectivity index (χ2n) is 2.23. The molecule has 0 heterocycles. The summed E-state index contributed by atoms with van der Waals surface area (Å²) in [5, 5.41) is -1.43. The van der Waals surface area contributed by atoms with Crippen molar-refractivity contribution in [1.29, 1.82) is 0 Å². The van der Waals surface area contributed by atoms with Crippen molar-refractivity contribution in [2.45, 2.75) is 18.8 Å². The summed E-state index contributed by atoms with van der Waals surface area (Å²) in [4.78, 5) is 0. The van der Waals surface area contributed by atoms with E-state index in [1.165, 1.54) is 0 Å². The number of hydrogen-bond acceptors (Lipinski definition) is 0. The Kier molecular flexibility index (Phi) is 4.51. The van der Waals surface area contributed by atoms with Gasteiger partial charge in [-0.25, -0.2) is 0 Å². The van der Waals surface area contributed by atoms with Crippen molar-refractivity contribution in [1.82, 2.24) is 0 Å². The average molecular weight is 239 g/mol. The molecule has 0 nitrogen and oxygen atoms in total. The second kappa shape index (κ2) is 4.72. The molecule has 0 aromatic carbocycles. The van der Waals surface area contributed by atoms with Crippen molar-refractivity contribution in [3.8, 4) is 0 Å². The van der Waals surface area contributed by atoms with Crippen molar-refractivity contribution in [3.63, 3.8) is 0 Å². The quantitative estimate of drug-likeness (QED) is 0.500. The highest BCUT2D eigenvalue weighted by Crippen LogP contribution is 2.28. The third-order valence-corrected chi connectivity index (χ3v) is 1.38. The van der Waals surface area contributed by atoms with E-state index in [9.17, 15) is 26.3 Å². The zero-order valence-corrected chi connectivity index (χ0v) is 7.34. The van der Waals surface area contributed by atoms with Crippen LogP contribution >= 0.6 is 11.6 Å². The molecule has 0 radical (unpaired) electrons. The van der Waals surface area contributed by atoms with E-state index in [1.54, 1.807) is 0 Å². The maximum Gasteiger partial charge on any atom is 0.426 e. The number of halogens is 7. The van der Waals surface area contributed by atoms with Gasteiger partial charge in [0.25, 0.3) is 0 Å². The maximum atomic E-state index is 11.7. The van der Waals surface area contributed by atoms with Crippen LogP contribution in [0.2, 0.25) is 0 Å². The van der Waals surface area contributed by atoms with E-state index in [-0.39, 0.29) is 6.08 Å². The molecule has 0 fully saturated rings. The lowest BCUT2D eigenvalue weighted by atomic mass is 10.3. The molecule has 0 unspecified atom stereocenters. The van der Waals surface area contributed by atoms with Crippen molar-refractivity contribution < 1.29 is 26.3 Å². The van der Waals surface area contributed by atoms with Gasteiger partial charge in [0.2, 0.25) is 0 Å². The van der Waals surface area contributed by atoms with Crippen LogP contribution in [0.15, 0.2) is 23.3 Å². The average Bonchev–Trinajstić information content (AvgIpc) is 1.93. The number of allylic oxidation sites excluding steroid dienone is 4. The fourth-order valence-electron chi connectivity index (χ4n) is 0.489. The summed E-state index contributed by atoms with van der Waals surface area (Å²) in [5.74, 6) is 0.